The fourth-order valence-electron chi connectivity index (χ4n) is 3.46. The van der Waals surface area contributed by atoms with Gasteiger partial charge >= 0.3 is 0 Å². The molecule has 2 aromatic rings. The summed E-state index contributed by atoms with van der Waals surface area (Å²) >= 11 is 0. The molecule has 1 unspecified atom stereocenters. The van der Waals surface area contributed by atoms with Gasteiger partial charge in [0.1, 0.15) is 0 Å². The first-order valence-corrected chi connectivity index (χ1v) is 10.8. The number of hydrogen-bond donors (Lipinski definition) is 1. The van der Waals surface area contributed by atoms with Gasteiger partial charge in [-0.2, -0.15) is 9.29 Å². The van der Waals surface area contributed by atoms with Crippen LogP contribution in [-0.2, 0) is 16.4 Å². The summed E-state index contributed by atoms with van der Waals surface area (Å²) in [6.07, 6.45) is 2.08. The average molecular weight is 429 g/mol. The number of likely N-dealkylation sites (N-methyl/N-ethyl adjacent to an activating group) is 1. The van der Waals surface area contributed by atoms with Gasteiger partial charge in [0.2, 0.25) is 15.9 Å². The van der Waals surface area contributed by atoms with E-state index >= 15 is 0 Å². The minimum Gasteiger partial charge on any atom is -0.339 e. The molecule has 7 nitrogen and oxygen atoms in total. The number of sulfonamides is 1. The van der Waals surface area contributed by atoms with Gasteiger partial charge in [0.25, 0.3) is 0 Å². The van der Waals surface area contributed by atoms with Crippen LogP contribution in [0.1, 0.15) is 48.5 Å². The molecule has 1 aliphatic heterocycles. The van der Waals surface area contributed by atoms with Crippen LogP contribution < -0.4 is 5.32 Å². The number of nitrogens with one attached hydrogen (secondary N) is 1. The van der Waals surface area contributed by atoms with E-state index < -0.39 is 10.0 Å². The van der Waals surface area contributed by atoms with Crippen molar-refractivity contribution in [1.82, 2.24) is 19.8 Å². The third-order valence-electron chi connectivity index (χ3n) is 5.22. The highest BCUT2D eigenvalue weighted by atomic mass is 35.5. The standard InChI is InChI=1S/C19H28N4O3S.ClH/c1-13-5-6-17(14(2)11-13)27(24,25)23-9-7-16(8-10-23)19-21-18(22-26-19)12-15(3)20-4;/h5-6,11,15-16,20H,7-10,12H2,1-4H3;1H. The Labute approximate surface area is 173 Å². The lowest BCUT2D eigenvalue weighted by Gasteiger charge is -2.30. The second-order valence-corrected chi connectivity index (χ2v) is 9.30. The molecule has 1 saturated heterocycles. The van der Waals surface area contributed by atoms with Crippen LogP contribution in [-0.4, -0.2) is 49.0 Å². The molecule has 0 bridgehead atoms. The van der Waals surface area contributed by atoms with Crippen molar-refractivity contribution < 1.29 is 12.9 Å². The first kappa shape index (κ1) is 22.8. The predicted octanol–water partition coefficient (Wildman–Crippen LogP) is 2.83. The normalized spacial score (nSPS) is 17.3. The molecule has 0 saturated carbocycles. The summed E-state index contributed by atoms with van der Waals surface area (Å²) in [4.78, 5) is 4.90. The van der Waals surface area contributed by atoms with Crippen LogP contribution >= 0.6 is 12.4 Å². The van der Waals surface area contributed by atoms with Gasteiger partial charge in [-0.25, -0.2) is 8.42 Å². The summed E-state index contributed by atoms with van der Waals surface area (Å²) in [6, 6.07) is 5.74. The molecule has 2 heterocycles. The third-order valence-corrected chi connectivity index (χ3v) is 7.28. The average Bonchev–Trinajstić information content (AvgIpc) is 3.09. The molecule has 9 heteroatoms. The molecule has 0 amide bonds. The van der Waals surface area contributed by atoms with Crippen LogP contribution in [0.4, 0.5) is 0 Å². The molecule has 0 radical (unpaired) electrons. The first-order chi connectivity index (χ1) is 12.8. The van der Waals surface area contributed by atoms with E-state index in [-0.39, 0.29) is 24.4 Å². The Hall–Kier alpha value is -1.48. The maximum Gasteiger partial charge on any atom is 0.243 e. The topological polar surface area (TPSA) is 88.3 Å². The quantitative estimate of drug-likeness (QED) is 0.761. The van der Waals surface area contributed by atoms with E-state index in [9.17, 15) is 8.42 Å². The SMILES string of the molecule is CNC(C)Cc1noc(C2CCN(S(=O)(=O)c3ccc(C)cc3C)CC2)n1.Cl. The summed E-state index contributed by atoms with van der Waals surface area (Å²) < 4.78 is 33.0. The summed E-state index contributed by atoms with van der Waals surface area (Å²) in [7, 11) is -1.57. The molecule has 1 aromatic heterocycles. The maximum atomic E-state index is 13.0. The molecule has 28 heavy (non-hydrogen) atoms. The van der Waals surface area contributed by atoms with E-state index in [1.54, 1.807) is 10.4 Å². The van der Waals surface area contributed by atoms with E-state index in [2.05, 4.69) is 22.4 Å². The highest BCUT2D eigenvalue weighted by Gasteiger charge is 2.32. The Kier molecular flexibility index (Phi) is 7.61. The first-order valence-electron chi connectivity index (χ1n) is 9.38. The molecule has 1 aliphatic rings. The van der Waals surface area contributed by atoms with Gasteiger partial charge < -0.3 is 9.84 Å². The van der Waals surface area contributed by atoms with Crippen molar-refractivity contribution in [3.8, 4) is 0 Å². The Balaban J connectivity index is 0.00000280. The summed E-state index contributed by atoms with van der Waals surface area (Å²) in [5.41, 5.74) is 1.85. The van der Waals surface area contributed by atoms with Crippen LogP contribution in [0, 0.1) is 13.8 Å². The summed E-state index contributed by atoms with van der Waals surface area (Å²) in [5.74, 6) is 1.43. The third kappa shape index (κ3) is 4.92. The van der Waals surface area contributed by atoms with Crippen molar-refractivity contribution >= 4 is 22.4 Å². The van der Waals surface area contributed by atoms with Gasteiger partial charge in [-0.3, -0.25) is 0 Å². The fraction of sp³-hybridized carbons (Fsp3) is 0.579. The second-order valence-electron chi connectivity index (χ2n) is 7.39. The maximum absolute atomic E-state index is 13.0. The van der Waals surface area contributed by atoms with Crippen LogP contribution in [0.15, 0.2) is 27.6 Å². The lowest BCUT2D eigenvalue weighted by Crippen LogP contribution is -2.38. The zero-order chi connectivity index (χ0) is 19.6. The number of hydrogen-bond acceptors (Lipinski definition) is 6. The smallest absolute Gasteiger partial charge is 0.243 e. The Morgan fingerprint density at radius 3 is 2.57 bits per heavy atom. The van der Waals surface area contributed by atoms with Crippen LogP contribution in [0.2, 0.25) is 0 Å². The van der Waals surface area contributed by atoms with Crippen molar-refractivity contribution in [2.45, 2.75) is 56.9 Å². The van der Waals surface area contributed by atoms with Gasteiger partial charge in [0, 0.05) is 31.5 Å². The van der Waals surface area contributed by atoms with Gasteiger partial charge in [0.05, 0.1) is 4.90 Å². The van der Waals surface area contributed by atoms with Gasteiger partial charge in [-0.1, -0.05) is 22.9 Å². The lowest BCUT2D eigenvalue weighted by atomic mass is 9.98. The summed E-state index contributed by atoms with van der Waals surface area (Å²) in [5, 5.41) is 7.21. The van der Waals surface area contributed by atoms with Crippen LogP contribution in [0.5, 0.6) is 0 Å². The number of benzene rings is 1. The number of halogens is 1. The predicted molar refractivity (Wildman–Crippen MR) is 110 cm³/mol. The Bertz CT molecular complexity index is 892. The highest BCUT2D eigenvalue weighted by Crippen LogP contribution is 2.30. The zero-order valence-electron chi connectivity index (χ0n) is 16.8. The number of aryl methyl sites for hydroxylation is 2. The second kappa shape index (κ2) is 9.35. The van der Waals surface area contributed by atoms with E-state index in [4.69, 9.17) is 4.52 Å². The van der Waals surface area contributed by atoms with E-state index in [1.165, 1.54) is 0 Å². The molecule has 1 atom stereocenters. The van der Waals surface area contributed by atoms with Gasteiger partial charge in [-0.05, 0) is 52.3 Å². The van der Waals surface area contributed by atoms with Crippen molar-refractivity contribution in [3.63, 3.8) is 0 Å². The van der Waals surface area contributed by atoms with Crippen LogP contribution in [0.25, 0.3) is 0 Å². The molecular formula is C19H29ClN4O3S. The van der Waals surface area contributed by atoms with E-state index in [0.717, 1.165) is 11.1 Å². The number of piperidine rings is 1. The van der Waals surface area contributed by atoms with Crippen molar-refractivity contribution in [1.29, 1.82) is 0 Å². The van der Waals surface area contributed by atoms with Crippen molar-refractivity contribution in [2.24, 2.45) is 0 Å². The Morgan fingerprint density at radius 2 is 1.96 bits per heavy atom. The fourth-order valence-corrected chi connectivity index (χ4v) is 5.14. The molecule has 1 N–H and O–H groups in total. The number of rotatable bonds is 6. The number of nitrogens with zero attached hydrogens (tertiary/aromatic N) is 3. The number of aromatic nitrogens is 2. The van der Waals surface area contributed by atoms with E-state index in [1.807, 2.05) is 33.0 Å². The molecular weight excluding hydrogens is 400 g/mol. The largest absolute Gasteiger partial charge is 0.339 e. The molecule has 3 rings (SSSR count). The van der Waals surface area contributed by atoms with Crippen molar-refractivity contribution in [3.05, 3.63) is 41.0 Å². The molecule has 0 spiro atoms. The highest BCUT2D eigenvalue weighted by molar-refractivity contribution is 7.89. The summed E-state index contributed by atoms with van der Waals surface area (Å²) in [6.45, 7) is 6.80. The monoisotopic (exact) mass is 428 g/mol. The Morgan fingerprint density at radius 1 is 1.29 bits per heavy atom. The van der Waals surface area contributed by atoms with E-state index in [0.29, 0.717) is 49.0 Å². The molecule has 156 valence electrons. The van der Waals surface area contributed by atoms with Crippen LogP contribution in [0.3, 0.4) is 0 Å². The zero-order valence-corrected chi connectivity index (χ0v) is 18.4. The molecule has 1 fully saturated rings. The van der Waals surface area contributed by atoms with Crippen molar-refractivity contribution in [2.75, 3.05) is 20.1 Å². The minimum absolute atomic E-state index is 0. The minimum atomic E-state index is -3.47. The lowest BCUT2D eigenvalue weighted by molar-refractivity contribution is 0.270. The molecule has 1 aromatic carbocycles. The van der Waals surface area contributed by atoms with Gasteiger partial charge in [0.15, 0.2) is 5.82 Å². The van der Waals surface area contributed by atoms with Gasteiger partial charge in [-0.15, -0.1) is 12.4 Å². The molecule has 0 aliphatic carbocycles.